The molecule has 4 heterocycles. The van der Waals surface area contributed by atoms with Gasteiger partial charge in [-0.15, -0.1) is 0 Å². The minimum absolute atomic E-state index is 0.00700. The van der Waals surface area contributed by atoms with Crippen molar-refractivity contribution in [3.63, 3.8) is 0 Å². The Balaban J connectivity index is 1.10. The summed E-state index contributed by atoms with van der Waals surface area (Å²) in [7, 11) is -3.25. The fourth-order valence-electron chi connectivity index (χ4n) is 5.65. The summed E-state index contributed by atoms with van der Waals surface area (Å²) >= 11 is 0. The van der Waals surface area contributed by atoms with Crippen molar-refractivity contribution in [2.45, 2.75) is 42.7 Å². The first-order valence-corrected chi connectivity index (χ1v) is 12.7. The Morgan fingerprint density at radius 1 is 1.29 bits per heavy atom. The van der Waals surface area contributed by atoms with Crippen molar-refractivity contribution < 1.29 is 22.7 Å². The quantitative estimate of drug-likeness (QED) is 0.719. The Hall–Kier alpha value is -2.20. The number of carbonyl (C=O) groups is 2. The topological polar surface area (TPSA) is 109 Å². The fourth-order valence-corrected chi connectivity index (χ4v) is 6.27. The number of urea groups is 1. The number of ether oxygens (including phenoxy) is 1. The van der Waals surface area contributed by atoms with E-state index in [0.717, 1.165) is 44.3 Å². The maximum absolute atomic E-state index is 12.9. The van der Waals surface area contributed by atoms with Crippen LogP contribution in [0.2, 0.25) is 0 Å². The van der Waals surface area contributed by atoms with Gasteiger partial charge in [0, 0.05) is 50.2 Å². The highest BCUT2D eigenvalue weighted by Gasteiger charge is 2.54. The number of hydrogen-bond acceptors (Lipinski definition) is 6. The van der Waals surface area contributed by atoms with Crippen LogP contribution in [0, 0.1) is 11.3 Å². The zero-order valence-electron chi connectivity index (χ0n) is 17.6. The monoisotopic (exact) mass is 448 g/mol. The molecule has 10 heteroatoms. The summed E-state index contributed by atoms with van der Waals surface area (Å²) in [6, 6.07) is 1.66. The Labute approximate surface area is 182 Å². The zero-order chi connectivity index (χ0) is 21.8. The van der Waals surface area contributed by atoms with Gasteiger partial charge in [0.05, 0.1) is 17.0 Å². The van der Waals surface area contributed by atoms with Gasteiger partial charge < -0.3 is 19.9 Å². The number of rotatable bonds is 3. The molecule has 1 aromatic heterocycles. The van der Waals surface area contributed by atoms with Gasteiger partial charge in [-0.2, -0.15) is 0 Å². The van der Waals surface area contributed by atoms with Crippen LogP contribution in [0.3, 0.4) is 0 Å². The number of amides is 3. The van der Waals surface area contributed by atoms with E-state index in [1.54, 1.807) is 12.3 Å². The van der Waals surface area contributed by atoms with Crippen LogP contribution in [0.5, 0.6) is 0 Å². The molecule has 1 N–H and O–H groups in total. The van der Waals surface area contributed by atoms with Crippen LogP contribution in [-0.4, -0.2) is 86.3 Å². The van der Waals surface area contributed by atoms with Gasteiger partial charge in [-0.3, -0.25) is 9.78 Å². The summed E-state index contributed by atoms with van der Waals surface area (Å²) in [5.41, 5.74) is 1.16. The van der Waals surface area contributed by atoms with Crippen LogP contribution in [0.1, 0.15) is 24.8 Å². The second-order valence-electron chi connectivity index (χ2n) is 9.68. The highest BCUT2D eigenvalue weighted by molar-refractivity contribution is 7.90. The molecule has 1 saturated carbocycles. The van der Waals surface area contributed by atoms with E-state index in [1.165, 1.54) is 12.5 Å². The van der Waals surface area contributed by atoms with E-state index in [2.05, 4.69) is 10.3 Å². The third-order valence-corrected chi connectivity index (χ3v) is 8.16. The van der Waals surface area contributed by atoms with E-state index in [1.807, 2.05) is 9.80 Å². The van der Waals surface area contributed by atoms with Crippen LogP contribution in [0.25, 0.3) is 0 Å². The first-order chi connectivity index (χ1) is 14.7. The molecule has 168 valence electrons. The van der Waals surface area contributed by atoms with Crippen molar-refractivity contribution in [1.29, 1.82) is 0 Å². The molecule has 5 rings (SSSR count). The zero-order valence-corrected chi connectivity index (χ0v) is 18.4. The minimum atomic E-state index is -3.25. The number of aromatic nitrogens is 1. The van der Waals surface area contributed by atoms with E-state index in [4.69, 9.17) is 4.74 Å². The molecule has 2 atom stereocenters. The number of pyridine rings is 1. The van der Waals surface area contributed by atoms with Gasteiger partial charge in [-0.1, -0.05) is 0 Å². The number of fused-ring (bicyclic) bond motifs is 1. The number of nitrogens with one attached hydrogen (secondary N) is 1. The molecule has 1 aromatic rings. The molecule has 0 unspecified atom stereocenters. The van der Waals surface area contributed by atoms with Crippen LogP contribution >= 0.6 is 0 Å². The largest absolute Gasteiger partial charge is 0.366 e. The first kappa shape index (κ1) is 20.7. The molecule has 31 heavy (non-hydrogen) atoms. The highest BCUT2D eigenvalue weighted by atomic mass is 32.2. The van der Waals surface area contributed by atoms with Crippen molar-refractivity contribution in [3.8, 4) is 0 Å². The number of morpholine rings is 1. The number of sulfone groups is 1. The van der Waals surface area contributed by atoms with Crippen molar-refractivity contribution in [3.05, 3.63) is 24.0 Å². The second kappa shape index (κ2) is 7.44. The van der Waals surface area contributed by atoms with Gasteiger partial charge in [0.2, 0.25) is 5.91 Å². The normalized spacial score (nSPS) is 27.8. The van der Waals surface area contributed by atoms with Crippen molar-refractivity contribution in [2.24, 2.45) is 11.3 Å². The summed E-state index contributed by atoms with van der Waals surface area (Å²) in [6.07, 6.45) is 8.01. The maximum atomic E-state index is 12.9. The van der Waals surface area contributed by atoms with Gasteiger partial charge in [0.1, 0.15) is 6.61 Å². The molecule has 4 aliphatic rings. The van der Waals surface area contributed by atoms with Crippen molar-refractivity contribution in [2.75, 3.05) is 39.0 Å². The molecule has 3 saturated heterocycles. The summed E-state index contributed by atoms with van der Waals surface area (Å²) in [6.45, 7) is 2.82. The van der Waals surface area contributed by atoms with Crippen molar-refractivity contribution >= 4 is 21.8 Å². The lowest BCUT2D eigenvalue weighted by Crippen LogP contribution is -2.68. The number of piperidine rings is 1. The molecule has 4 fully saturated rings. The van der Waals surface area contributed by atoms with Gasteiger partial charge in [-0.25, -0.2) is 13.2 Å². The number of carbonyl (C=O) groups excluding carboxylic acids is 2. The predicted molar refractivity (Wildman–Crippen MR) is 111 cm³/mol. The van der Waals surface area contributed by atoms with E-state index in [9.17, 15) is 18.0 Å². The van der Waals surface area contributed by atoms with Crippen LogP contribution < -0.4 is 5.32 Å². The van der Waals surface area contributed by atoms with E-state index in [0.29, 0.717) is 19.0 Å². The lowest BCUT2D eigenvalue weighted by molar-refractivity contribution is -0.140. The number of nitrogens with zero attached hydrogens (tertiary/aromatic N) is 3. The fraction of sp³-hybridized carbons (Fsp3) is 0.667. The summed E-state index contributed by atoms with van der Waals surface area (Å²) in [5, 5.41) is 2.94. The summed E-state index contributed by atoms with van der Waals surface area (Å²) in [5.74, 6) is 0.385. The summed E-state index contributed by atoms with van der Waals surface area (Å²) in [4.78, 5) is 32.6. The SMILES string of the molecule is CS(=O)(=O)c1cncc(CC2CC3(C2)CN(C(=O)N2CC[C@@H]4OCC(=O)N[C@@H]4C2)C3)c1. The average Bonchev–Trinajstić information content (AvgIpc) is 2.67. The lowest BCUT2D eigenvalue weighted by atomic mass is 9.56. The van der Waals surface area contributed by atoms with Gasteiger partial charge in [0.25, 0.3) is 0 Å². The van der Waals surface area contributed by atoms with Gasteiger partial charge in [0.15, 0.2) is 9.84 Å². The standard InChI is InChI=1S/C21H28N4O5S/c1-31(28,29)16-5-14(8-22-9-16)4-15-6-21(7-15)12-25(13-21)20(27)24-3-2-18-17(10-24)23-19(26)11-30-18/h5,8-9,15,17-18H,2-4,6-7,10-13H2,1H3,(H,23,26)/t17-,18+/m1/s1. The number of likely N-dealkylation sites (tertiary alicyclic amines) is 2. The third-order valence-electron chi connectivity index (χ3n) is 7.08. The molecule has 0 radical (unpaired) electrons. The minimum Gasteiger partial charge on any atom is -0.366 e. The average molecular weight is 449 g/mol. The Kier molecular flexibility index (Phi) is 4.97. The van der Waals surface area contributed by atoms with Crippen LogP contribution in [0.15, 0.2) is 23.4 Å². The molecule has 1 spiro atoms. The molecule has 0 aromatic carbocycles. The molecule has 3 aliphatic heterocycles. The highest BCUT2D eigenvalue weighted by Crippen LogP contribution is 2.53. The molecule has 1 aliphatic carbocycles. The third kappa shape index (κ3) is 4.03. The number of hydrogen-bond donors (Lipinski definition) is 1. The van der Waals surface area contributed by atoms with E-state index >= 15 is 0 Å². The van der Waals surface area contributed by atoms with Crippen LogP contribution in [-0.2, 0) is 25.8 Å². The smallest absolute Gasteiger partial charge is 0.320 e. The molecule has 0 bridgehead atoms. The molecule has 9 nitrogen and oxygen atoms in total. The second-order valence-corrected chi connectivity index (χ2v) is 11.7. The van der Waals surface area contributed by atoms with Gasteiger partial charge >= 0.3 is 6.03 Å². The van der Waals surface area contributed by atoms with Crippen LogP contribution in [0.4, 0.5) is 4.79 Å². The Morgan fingerprint density at radius 3 is 2.81 bits per heavy atom. The predicted octanol–water partition coefficient (Wildman–Crippen LogP) is 0.449. The molecular weight excluding hydrogens is 420 g/mol. The maximum Gasteiger partial charge on any atom is 0.320 e. The van der Waals surface area contributed by atoms with Crippen molar-refractivity contribution in [1.82, 2.24) is 20.1 Å². The Bertz CT molecular complexity index is 999. The first-order valence-electron chi connectivity index (χ1n) is 10.8. The van der Waals surface area contributed by atoms with Gasteiger partial charge in [-0.05, 0) is 43.2 Å². The summed E-state index contributed by atoms with van der Waals surface area (Å²) < 4.78 is 29.0. The van der Waals surface area contributed by atoms with E-state index < -0.39 is 9.84 Å². The Morgan fingerprint density at radius 2 is 2.06 bits per heavy atom. The molecular formula is C21H28N4O5S. The van der Waals surface area contributed by atoms with E-state index in [-0.39, 0.29) is 41.0 Å². The molecule has 3 amide bonds. The lowest BCUT2D eigenvalue weighted by Gasteiger charge is -2.60.